The smallest absolute Gasteiger partial charge is 0.259 e. The first kappa shape index (κ1) is 13.6. The lowest BCUT2D eigenvalue weighted by Gasteiger charge is -2.15. The first-order chi connectivity index (χ1) is 9.16. The van der Waals surface area contributed by atoms with Crippen LogP contribution in [0.1, 0.15) is 12.0 Å². The molecular formula is C15H20N2O2. The van der Waals surface area contributed by atoms with E-state index in [0.29, 0.717) is 0 Å². The fourth-order valence-electron chi connectivity index (χ4n) is 1.92. The quantitative estimate of drug-likeness (QED) is 0.892. The molecule has 0 radical (unpaired) electrons. The molecule has 2 rings (SSSR count). The van der Waals surface area contributed by atoms with Gasteiger partial charge in [0.15, 0.2) is 6.61 Å². The van der Waals surface area contributed by atoms with Crippen LogP contribution in [0.15, 0.2) is 30.3 Å². The molecule has 0 fully saturated rings. The van der Waals surface area contributed by atoms with Gasteiger partial charge in [-0.25, -0.2) is 0 Å². The zero-order chi connectivity index (χ0) is 13.7. The summed E-state index contributed by atoms with van der Waals surface area (Å²) in [7, 11) is 3.44. The van der Waals surface area contributed by atoms with Gasteiger partial charge in [0.2, 0.25) is 0 Å². The molecule has 102 valence electrons. The van der Waals surface area contributed by atoms with Crippen LogP contribution < -0.4 is 10.1 Å². The van der Waals surface area contributed by atoms with Gasteiger partial charge in [0, 0.05) is 20.6 Å². The van der Waals surface area contributed by atoms with E-state index in [1.165, 1.54) is 16.0 Å². The number of carbonyl (C=O) groups excluding carboxylic acids is 1. The van der Waals surface area contributed by atoms with Gasteiger partial charge in [0.25, 0.3) is 5.91 Å². The number of amides is 1. The minimum Gasteiger partial charge on any atom is -0.484 e. The molecule has 0 aromatic heterocycles. The molecule has 0 atom stereocenters. The third-order valence-electron chi connectivity index (χ3n) is 3.15. The van der Waals surface area contributed by atoms with Crippen molar-refractivity contribution in [3.05, 3.63) is 35.9 Å². The highest BCUT2D eigenvalue weighted by Gasteiger charge is 2.07. The second kappa shape index (κ2) is 6.38. The van der Waals surface area contributed by atoms with Crippen LogP contribution in [0.4, 0.5) is 0 Å². The minimum absolute atomic E-state index is 0.0369. The van der Waals surface area contributed by atoms with Crippen LogP contribution in [-0.2, 0) is 4.79 Å². The lowest BCUT2D eigenvalue weighted by molar-refractivity contribution is -0.130. The molecule has 0 saturated heterocycles. The van der Waals surface area contributed by atoms with E-state index in [4.69, 9.17) is 4.74 Å². The van der Waals surface area contributed by atoms with Crippen LogP contribution >= 0.6 is 0 Å². The highest BCUT2D eigenvalue weighted by atomic mass is 16.5. The van der Waals surface area contributed by atoms with E-state index in [0.717, 1.165) is 25.3 Å². The van der Waals surface area contributed by atoms with E-state index in [-0.39, 0.29) is 12.5 Å². The van der Waals surface area contributed by atoms with Crippen LogP contribution in [0, 0.1) is 0 Å². The summed E-state index contributed by atoms with van der Waals surface area (Å²) in [5.41, 5.74) is 2.60. The summed E-state index contributed by atoms with van der Waals surface area (Å²) < 4.78 is 5.45. The Labute approximate surface area is 114 Å². The van der Waals surface area contributed by atoms with Gasteiger partial charge in [-0.3, -0.25) is 4.79 Å². The Bertz CT molecular complexity index is 464. The number of benzene rings is 1. The molecule has 1 amide bonds. The largest absolute Gasteiger partial charge is 0.484 e. The van der Waals surface area contributed by atoms with Gasteiger partial charge >= 0.3 is 0 Å². The van der Waals surface area contributed by atoms with Gasteiger partial charge in [-0.15, -0.1) is 0 Å². The van der Waals surface area contributed by atoms with E-state index in [9.17, 15) is 4.79 Å². The van der Waals surface area contributed by atoms with Crippen molar-refractivity contribution >= 4 is 11.5 Å². The number of nitrogens with zero attached hydrogens (tertiary/aromatic N) is 1. The van der Waals surface area contributed by atoms with E-state index >= 15 is 0 Å². The van der Waals surface area contributed by atoms with E-state index in [1.54, 1.807) is 14.1 Å². The molecule has 19 heavy (non-hydrogen) atoms. The molecular weight excluding hydrogens is 240 g/mol. The third kappa shape index (κ3) is 3.83. The van der Waals surface area contributed by atoms with Crippen LogP contribution in [0.2, 0.25) is 0 Å². The molecule has 0 bridgehead atoms. The van der Waals surface area contributed by atoms with Crippen LogP contribution in [0.5, 0.6) is 5.75 Å². The average molecular weight is 260 g/mol. The molecule has 0 unspecified atom stereocenters. The second-order valence-corrected chi connectivity index (χ2v) is 4.78. The van der Waals surface area contributed by atoms with Gasteiger partial charge in [-0.05, 0) is 36.2 Å². The van der Waals surface area contributed by atoms with Crippen molar-refractivity contribution in [3.63, 3.8) is 0 Å². The number of hydrogen-bond donors (Lipinski definition) is 1. The summed E-state index contributed by atoms with van der Waals surface area (Å²) in [5.74, 6) is 0.693. The molecule has 1 aliphatic rings. The number of hydrogen-bond acceptors (Lipinski definition) is 3. The average Bonchev–Trinajstić information content (AvgIpc) is 2.46. The standard InChI is InChI=1S/C15H20N2O2/c1-17(2)15(18)11-19-14-5-3-12(4-6-14)13-7-9-16-10-8-13/h3-7,16H,8-11H2,1-2H3. The maximum absolute atomic E-state index is 11.4. The molecule has 0 aliphatic carbocycles. The van der Waals surface area contributed by atoms with Crippen molar-refractivity contribution in [1.82, 2.24) is 10.2 Å². The summed E-state index contributed by atoms with van der Waals surface area (Å²) in [6, 6.07) is 7.93. The van der Waals surface area contributed by atoms with Crippen molar-refractivity contribution in [2.45, 2.75) is 6.42 Å². The van der Waals surface area contributed by atoms with Gasteiger partial charge in [0.1, 0.15) is 5.75 Å². The lowest BCUT2D eigenvalue weighted by Crippen LogP contribution is -2.27. The number of ether oxygens (including phenoxy) is 1. The van der Waals surface area contributed by atoms with Crippen molar-refractivity contribution in [2.75, 3.05) is 33.8 Å². The Hall–Kier alpha value is -1.81. The third-order valence-corrected chi connectivity index (χ3v) is 3.15. The summed E-state index contributed by atoms with van der Waals surface area (Å²) in [6.07, 6.45) is 3.27. The highest BCUT2D eigenvalue weighted by molar-refractivity contribution is 5.77. The first-order valence-electron chi connectivity index (χ1n) is 6.50. The van der Waals surface area contributed by atoms with Gasteiger partial charge in [0.05, 0.1) is 0 Å². The topological polar surface area (TPSA) is 41.6 Å². The van der Waals surface area contributed by atoms with Crippen molar-refractivity contribution in [2.24, 2.45) is 0 Å². The van der Waals surface area contributed by atoms with Crippen molar-refractivity contribution in [1.29, 1.82) is 0 Å². The Balaban J connectivity index is 1.95. The lowest BCUT2D eigenvalue weighted by atomic mass is 10.0. The number of carbonyl (C=O) groups is 1. The molecule has 4 nitrogen and oxygen atoms in total. The molecule has 1 aromatic carbocycles. The predicted molar refractivity (Wildman–Crippen MR) is 76.1 cm³/mol. The maximum Gasteiger partial charge on any atom is 0.259 e. The van der Waals surface area contributed by atoms with Crippen LogP contribution in [0.3, 0.4) is 0 Å². The predicted octanol–water partition coefficient (Wildman–Crippen LogP) is 1.53. The molecule has 1 aliphatic heterocycles. The number of rotatable bonds is 4. The van der Waals surface area contributed by atoms with Crippen LogP contribution in [-0.4, -0.2) is 44.6 Å². The Morgan fingerprint density at radius 3 is 2.63 bits per heavy atom. The minimum atomic E-state index is -0.0369. The summed E-state index contributed by atoms with van der Waals surface area (Å²) in [5, 5.41) is 3.30. The molecule has 1 N–H and O–H groups in total. The molecule has 0 saturated carbocycles. The number of nitrogens with one attached hydrogen (secondary N) is 1. The SMILES string of the molecule is CN(C)C(=O)COc1ccc(C2=CCNCC2)cc1. The van der Waals surface area contributed by atoms with E-state index in [2.05, 4.69) is 11.4 Å². The monoisotopic (exact) mass is 260 g/mol. The highest BCUT2D eigenvalue weighted by Crippen LogP contribution is 2.22. The van der Waals surface area contributed by atoms with Gasteiger partial charge in [-0.2, -0.15) is 0 Å². The molecule has 4 heteroatoms. The Morgan fingerprint density at radius 1 is 1.32 bits per heavy atom. The summed E-state index contributed by atoms with van der Waals surface area (Å²) in [6.45, 7) is 2.05. The van der Waals surface area contributed by atoms with E-state index < -0.39 is 0 Å². The second-order valence-electron chi connectivity index (χ2n) is 4.78. The Kier molecular flexibility index (Phi) is 4.58. The zero-order valence-corrected chi connectivity index (χ0v) is 11.5. The first-order valence-corrected chi connectivity index (χ1v) is 6.50. The fourth-order valence-corrected chi connectivity index (χ4v) is 1.92. The Morgan fingerprint density at radius 2 is 2.05 bits per heavy atom. The van der Waals surface area contributed by atoms with Gasteiger partial charge < -0.3 is 15.0 Å². The molecule has 1 heterocycles. The zero-order valence-electron chi connectivity index (χ0n) is 11.5. The van der Waals surface area contributed by atoms with Gasteiger partial charge in [-0.1, -0.05) is 18.2 Å². The normalized spacial score (nSPS) is 14.7. The van der Waals surface area contributed by atoms with E-state index in [1.807, 2.05) is 24.3 Å². The number of likely N-dealkylation sites (N-methyl/N-ethyl adjacent to an activating group) is 1. The van der Waals surface area contributed by atoms with Crippen molar-refractivity contribution < 1.29 is 9.53 Å². The summed E-state index contributed by atoms with van der Waals surface area (Å²) in [4.78, 5) is 12.9. The summed E-state index contributed by atoms with van der Waals surface area (Å²) >= 11 is 0. The van der Waals surface area contributed by atoms with Crippen molar-refractivity contribution in [3.8, 4) is 5.75 Å². The molecule has 0 spiro atoms. The fraction of sp³-hybridized carbons (Fsp3) is 0.400. The maximum atomic E-state index is 11.4. The van der Waals surface area contributed by atoms with Crippen LogP contribution in [0.25, 0.3) is 5.57 Å². The molecule has 1 aromatic rings.